The second-order valence-electron chi connectivity index (χ2n) is 5.09. The molecule has 0 aliphatic rings. The molecule has 128 valence electrons. The molecular formula is C17H16F3NO3. The van der Waals surface area contributed by atoms with Gasteiger partial charge in [0.25, 0.3) is 5.91 Å². The average Bonchev–Trinajstić information content (AvgIpc) is 2.54. The molecule has 0 atom stereocenters. The van der Waals surface area contributed by atoms with E-state index in [9.17, 15) is 18.0 Å². The lowest BCUT2D eigenvalue weighted by Crippen LogP contribution is -2.13. The summed E-state index contributed by atoms with van der Waals surface area (Å²) in [6.07, 6.45) is -4.54. The third kappa shape index (κ3) is 3.98. The van der Waals surface area contributed by atoms with Gasteiger partial charge in [-0.05, 0) is 36.8 Å². The number of halogens is 3. The fourth-order valence-corrected chi connectivity index (χ4v) is 2.12. The molecule has 0 saturated heterocycles. The highest BCUT2D eigenvalue weighted by Gasteiger charge is 2.31. The molecule has 2 aromatic rings. The molecule has 1 N–H and O–H groups in total. The van der Waals surface area contributed by atoms with E-state index in [1.165, 1.54) is 26.4 Å². The molecule has 24 heavy (non-hydrogen) atoms. The van der Waals surface area contributed by atoms with Gasteiger partial charge in [-0.1, -0.05) is 6.07 Å². The van der Waals surface area contributed by atoms with E-state index in [1.54, 1.807) is 12.1 Å². The molecule has 0 saturated carbocycles. The van der Waals surface area contributed by atoms with Gasteiger partial charge in [0.05, 0.1) is 19.8 Å². The Hall–Kier alpha value is -2.70. The van der Waals surface area contributed by atoms with E-state index in [0.29, 0.717) is 5.75 Å². The zero-order valence-corrected chi connectivity index (χ0v) is 13.3. The zero-order valence-electron chi connectivity index (χ0n) is 13.3. The molecule has 7 heteroatoms. The van der Waals surface area contributed by atoms with Crippen molar-refractivity contribution in [1.29, 1.82) is 0 Å². The molecule has 0 fully saturated rings. The van der Waals surface area contributed by atoms with E-state index in [-0.39, 0.29) is 17.0 Å². The van der Waals surface area contributed by atoms with Crippen molar-refractivity contribution in [2.75, 3.05) is 19.5 Å². The fourth-order valence-electron chi connectivity index (χ4n) is 2.12. The number of hydrogen-bond acceptors (Lipinski definition) is 3. The van der Waals surface area contributed by atoms with Crippen molar-refractivity contribution in [3.8, 4) is 11.5 Å². The maximum absolute atomic E-state index is 12.9. The minimum absolute atomic E-state index is 0.00149. The summed E-state index contributed by atoms with van der Waals surface area (Å²) >= 11 is 0. The number of alkyl halides is 3. The van der Waals surface area contributed by atoms with Gasteiger partial charge in [-0.15, -0.1) is 0 Å². The lowest BCUT2D eigenvalue weighted by molar-refractivity contribution is -0.137. The Morgan fingerprint density at radius 3 is 2.33 bits per heavy atom. The quantitative estimate of drug-likeness (QED) is 0.904. The van der Waals surface area contributed by atoms with Crippen LogP contribution in [0.4, 0.5) is 18.9 Å². The standard InChI is InChI=1S/C17H16F3NO3/c1-10-4-5-11(6-15(10)24-3)16(22)21-13-7-12(17(18,19)20)8-14(9-13)23-2/h4-9H,1-3H3,(H,21,22). The molecule has 0 aliphatic carbocycles. The van der Waals surface area contributed by atoms with Crippen LogP contribution in [0.15, 0.2) is 36.4 Å². The first-order valence-electron chi connectivity index (χ1n) is 6.97. The van der Waals surface area contributed by atoms with Gasteiger partial charge in [0.15, 0.2) is 0 Å². The summed E-state index contributed by atoms with van der Waals surface area (Å²) < 4.78 is 48.7. The van der Waals surface area contributed by atoms with Crippen molar-refractivity contribution in [2.45, 2.75) is 13.1 Å². The van der Waals surface area contributed by atoms with Crippen LogP contribution in [-0.4, -0.2) is 20.1 Å². The lowest BCUT2D eigenvalue weighted by atomic mass is 10.1. The second-order valence-corrected chi connectivity index (χ2v) is 5.09. The highest BCUT2D eigenvalue weighted by molar-refractivity contribution is 6.04. The van der Waals surface area contributed by atoms with Gasteiger partial charge in [0.1, 0.15) is 11.5 Å². The zero-order chi connectivity index (χ0) is 17.9. The van der Waals surface area contributed by atoms with E-state index >= 15 is 0 Å². The third-order valence-corrected chi connectivity index (χ3v) is 3.40. The van der Waals surface area contributed by atoms with Crippen molar-refractivity contribution in [3.05, 3.63) is 53.1 Å². The Kier molecular flexibility index (Phi) is 5.02. The van der Waals surface area contributed by atoms with E-state index in [4.69, 9.17) is 9.47 Å². The number of carbonyl (C=O) groups excluding carboxylic acids is 1. The molecule has 2 rings (SSSR count). The van der Waals surface area contributed by atoms with Crippen LogP contribution in [-0.2, 0) is 6.18 Å². The van der Waals surface area contributed by atoms with Gasteiger partial charge in [-0.25, -0.2) is 0 Å². The SMILES string of the molecule is COc1cc(NC(=O)c2ccc(C)c(OC)c2)cc(C(F)(F)F)c1. The number of methoxy groups -OCH3 is 2. The van der Waals surface area contributed by atoms with Crippen molar-refractivity contribution < 1.29 is 27.4 Å². The van der Waals surface area contributed by atoms with Gasteiger partial charge < -0.3 is 14.8 Å². The Morgan fingerprint density at radius 2 is 1.75 bits per heavy atom. The number of amides is 1. The minimum atomic E-state index is -4.54. The molecule has 0 aliphatic heterocycles. The molecule has 0 radical (unpaired) electrons. The maximum Gasteiger partial charge on any atom is 0.416 e. The number of carbonyl (C=O) groups is 1. The van der Waals surface area contributed by atoms with Crippen LogP contribution in [0, 0.1) is 6.92 Å². The monoisotopic (exact) mass is 339 g/mol. The first-order chi connectivity index (χ1) is 11.2. The number of ether oxygens (including phenoxy) is 2. The molecule has 0 spiro atoms. The van der Waals surface area contributed by atoms with Crippen molar-refractivity contribution in [1.82, 2.24) is 0 Å². The maximum atomic E-state index is 12.9. The van der Waals surface area contributed by atoms with Gasteiger partial charge in [0.2, 0.25) is 0 Å². The first-order valence-corrected chi connectivity index (χ1v) is 6.97. The summed E-state index contributed by atoms with van der Waals surface area (Å²) in [5, 5.41) is 2.44. The van der Waals surface area contributed by atoms with E-state index in [1.807, 2.05) is 6.92 Å². The van der Waals surface area contributed by atoms with Crippen LogP contribution < -0.4 is 14.8 Å². The minimum Gasteiger partial charge on any atom is -0.497 e. The molecule has 1 amide bonds. The Morgan fingerprint density at radius 1 is 1.04 bits per heavy atom. The first kappa shape index (κ1) is 17.7. The molecular weight excluding hydrogens is 323 g/mol. The average molecular weight is 339 g/mol. The summed E-state index contributed by atoms with van der Waals surface area (Å²) in [6, 6.07) is 7.82. The van der Waals surface area contributed by atoms with Gasteiger partial charge in [-0.2, -0.15) is 13.2 Å². The lowest BCUT2D eigenvalue weighted by Gasteiger charge is -2.13. The van der Waals surface area contributed by atoms with Crippen LogP contribution in [0.1, 0.15) is 21.5 Å². The van der Waals surface area contributed by atoms with Crippen LogP contribution in [0.25, 0.3) is 0 Å². The van der Waals surface area contributed by atoms with Crippen LogP contribution in [0.3, 0.4) is 0 Å². The van der Waals surface area contributed by atoms with Gasteiger partial charge in [-0.3, -0.25) is 4.79 Å². The number of anilines is 1. The summed E-state index contributed by atoms with van der Waals surface area (Å²) in [5.74, 6) is -0.0273. The number of rotatable bonds is 4. The number of benzene rings is 2. The number of hydrogen-bond donors (Lipinski definition) is 1. The molecule has 0 unspecified atom stereocenters. The van der Waals surface area contributed by atoms with Crippen LogP contribution in [0.5, 0.6) is 11.5 Å². The number of nitrogens with one attached hydrogen (secondary N) is 1. The highest BCUT2D eigenvalue weighted by Crippen LogP contribution is 2.34. The second kappa shape index (κ2) is 6.82. The topological polar surface area (TPSA) is 47.6 Å². The Labute approximate surface area is 137 Å². The largest absolute Gasteiger partial charge is 0.497 e. The summed E-state index contributed by atoms with van der Waals surface area (Å²) in [7, 11) is 2.73. The third-order valence-electron chi connectivity index (χ3n) is 3.40. The van der Waals surface area contributed by atoms with Crippen molar-refractivity contribution in [3.63, 3.8) is 0 Å². The molecule has 0 heterocycles. The Bertz CT molecular complexity index is 757. The molecule has 0 bridgehead atoms. The van der Waals surface area contributed by atoms with Crippen molar-refractivity contribution >= 4 is 11.6 Å². The smallest absolute Gasteiger partial charge is 0.416 e. The summed E-state index contributed by atoms with van der Waals surface area (Å²) in [4.78, 5) is 12.3. The van der Waals surface area contributed by atoms with Crippen molar-refractivity contribution in [2.24, 2.45) is 0 Å². The van der Waals surface area contributed by atoms with Gasteiger partial charge in [0, 0.05) is 17.3 Å². The normalized spacial score (nSPS) is 11.1. The van der Waals surface area contributed by atoms with E-state index < -0.39 is 17.6 Å². The predicted molar refractivity (Wildman–Crippen MR) is 83.7 cm³/mol. The Balaban J connectivity index is 2.31. The van der Waals surface area contributed by atoms with Crippen LogP contribution >= 0.6 is 0 Å². The highest BCUT2D eigenvalue weighted by atomic mass is 19.4. The molecule has 0 aromatic heterocycles. The van der Waals surface area contributed by atoms with E-state index in [2.05, 4.69) is 5.32 Å². The summed E-state index contributed by atoms with van der Waals surface area (Å²) in [6.45, 7) is 1.82. The van der Waals surface area contributed by atoms with E-state index in [0.717, 1.165) is 17.7 Å². The van der Waals surface area contributed by atoms with Gasteiger partial charge >= 0.3 is 6.18 Å². The predicted octanol–water partition coefficient (Wildman–Crippen LogP) is 4.28. The summed E-state index contributed by atoms with van der Waals surface area (Å²) in [5.41, 5.74) is 0.202. The molecule has 2 aromatic carbocycles. The van der Waals surface area contributed by atoms with Crippen LogP contribution in [0.2, 0.25) is 0 Å². The fraction of sp³-hybridized carbons (Fsp3) is 0.235. The number of aryl methyl sites for hydroxylation is 1. The molecule has 4 nitrogen and oxygen atoms in total.